The number of nitrogens with one attached hydrogen (secondary N) is 1. The highest BCUT2D eigenvalue weighted by Crippen LogP contribution is 2.25. The molecule has 0 unspecified atom stereocenters. The molecule has 1 saturated carbocycles. The zero-order chi connectivity index (χ0) is 8.81. The fraction of sp³-hybridized carbons (Fsp3) is 0.667. The maximum Gasteiger partial charge on any atom is 0.223 e. The van der Waals surface area contributed by atoms with E-state index in [4.69, 9.17) is 5.73 Å². The van der Waals surface area contributed by atoms with Gasteiger partial charge in [-0.25, -0.2) is 0 Å². The Labute approximate surface area is 73.0 Å². The summed E-state index contributed by atoms with van der Waals surface area (Å²) in [5.41, 5.74) is 5.24. The molecule has 0 atom stereocenters. The largest absolute Gasteiger partial charge is 0.352 e. The molecule has 1 aliphatic carbocycles. The van der Waals surface area contributed by atoms with Crippen LogP contribution in [0, 0.1) is 5.92 Å². The average Bonchev–Trinajstić information content (AvgIpc) is 1.95. The van der Waals surface area contributed by atoms with Crippen LogP contribution in [0.2, 0.25) is 0 Å². The molecule has 1 amide bonds. The lowest BCUT2D eigenvalue weighted by Gasteiger charge is -2.23. The summed E-state index contributed by atoms with van der Waals surface area (Å²) < 4.78 is 0. The van der Waals surface area contributed by atoms with Gasteiger partial charge in [0.2, 0.25) is 5.91 Å². The minimum absolute atomic E-state index is 0.197. The minimum atomic E-state index is 0.197. The lowest BCUT2D eigenvalue weighted by Crippen LogP contribution is -2.34. The summed E-state index contributed by atoms with van der Waals surface area (Å²) >= 11 is 0. The maximum absolute atomic E-state index is 11.2. The van der Waals surface area contributed by atoms with Gasteiger partial charge in [0.1, 0.15) is 0 Å². The second kappa shape index (κ2) is 4.93. The van der Waals surface area contributed by atoms with Crippen molar-refractivity contribution in [1.29, 1.82) is 0 Å². The molecule has 0 bridgehead atoms. The molecule has 0 aromatic rings. The summed E-state index contributed by atoms with van der Waals surface area (Å²) in [5, 5.41) is 2.84. The van der Waals surface area contributed by atoms with Gasteiger partial charge in [0.25, 0.3) is 0 Å². The van der Waals surface area contributed by atoms with Crippen LogP contribution in [0.1, 0.15) is 19.3 Å². The SMILES string of the molecule is NC/C=C/CNC(=O)C1CCC1. The number of hydrogen-bond donors (Lipinski definition) is 2. The number of rotatable bonds is 4. The Balaban J connectivity index is 2.05. The van der Waals surface area contributed by atoms with Crippen molar-refractivity contribution in [2.45, 2.75) is 19.3 Å². The second-order valence-electron chi connectivity index (χ2n) is 3.08. The van der Waals surface area contributed by atoms with Crippen molar-refractivity contribution in [3.63, 3.8) is 0 Å². The number of carbonyl (C=O) groups excluding carboxylic acids is 1. The van der Waals surface area contributed by atoms with E-state index in [0.29, 0.717) is 13.1 Å². The molecule has 1 fully saturated rings. The fourth-order valence-electron chi connectivity index (χ4n) is 1.15. The van der Waals surface area contributed by atoms with E-state index in [1.165, 1.54) is 6.42 Å². The normalized spacial score (nSPS) is 17.8. The van der Waals surface area contributed by atoms with Gasteiger partial charge in [0.15, 0.2) is 0 Å². The molecule has 0 aliphatic heterocycles. The summed E-state index contributed by atoms with van der Waals surface area (Å²) in [7, 11) is 0. The van der Waals surface area contributed by atoms with E-state index in [9.17, 15) is 4.79 Å². The molecule has 0 radical (unpaired) electrons. The van der Waals surface area contributed by atoms with Gasteiger partial charge in [-0.05, 0) is 12.8 Å². The molecule has 0 heterocycles. The molecule has 3 N–H and O–H groups in total. The Morgan fingerprint density at radius 3 is 2.75 bits per heavy atom. The summed E-state index contributed by atoms with van der Waals surface area (Å²) in [6.45, 7) is 1.16. The molecule has 0 aromatic carbocycles. The van der Waals surface area contributed by atoms with E-state index in [0.717, 1.165) is 12.8 Å². The van der Waals surface area contributed by atoms with Gasteiger partial charge >= 0.3 is 0 Å². The third-order valence-electron chi connectivity index (χ3n) is 2.17. The van der Waals surface area contributed by atoms with Crippen molar-refractivity contribution in [1.82, 2.24) is 5.32 Å². The summed E-state index contributed by atoms with van der Waals surface area (Å²) in [6, 6.07) is 0. The van der Waals surface area contributed by atoms with Gasteiger partial charge in [-0.1, -0.05) is 18.6 Å². The Morgan fingerprint density at radius 1 is 1.50 bits per heavy atom. The number of hydrogen-bond acceptors (Lipinski definition) is 2. The highest BCUT2D eigenvalue weighted by molar-refractivity contribution is 5.79. The van der Waals surface area contributed by atoms with E-state index >= 15 is 0 Å². The number of nitrogens with two attached hydrogens (primary N) is 1. The first kappa shape index (κ1) is 9.26. The third-order valence-corrected chi connectivity index (χ3v) is 2.17. The van der Waals surface area contributed by atoms with E-state index in [-0.39, 0.29) is 11.8 Å². The first-order valence-corrected chi connectivity index (χ1v) is 4.47. The lowest BCUT2D eigenvalue weighted by atomic mass is 9.85. The standard InChI is InChI=1S/C9H16N2O/c10-6-1-2-7-11-9(12)8-4-3-5-8/h1-2,8H,3-7,10H2,(H,11,12)/b2-1+. The molecular weight excluding hydrogens is 152 g/mol. The molecule has 3 nitrogen and oxygen atoms in total. The van der Waals surface area contributed by atoms with E-state index in [1.807, 2.05) is 12.2 Å². The predicted octanol–water partition coefficient (Wildman–Crippen LogP) is 0.418. The molecule has 12 heavy (non-hydrogen) atoms. The molecule has 3 heteroatoms. The Bertz CT molecular complexity index is 173. The van der Waals surface area contributed by atoms with Gasteiger partial charge in [-0.3, -0.25) is 4.79 Å². The van der Waals surface area contributed by atoms with Crippen molar-refractivity contribution >= 4 is 5.91 Å². The van der Waals surface area contributed by atoms with Gasteiger partial charge in [0.05, 0.1) is 0 Å². The summed E-state index contributed by atoms with van der Waals surface area (Å²) in [6.07, 6.45) is 7.06. The second-order valence-corrected chi connectivity index (χ2v) is 3.08. The van der Waals surface area contributed by atoms with Gasteiger partial charge in [-0.15, -0.1) is 0 Å². The third kappa shape index (κ3) is 2.66. The van der Waals surface area contributed by atoms with Crippen LogP contribution in [0.5, 0.6) is 0 Å². The number of carbonyl (C=O) groups is 1. The monoisotopic (exact) mass is 168 g/mol. The van der Waals surface area contributed by atoms with Crippen molar-refractivity contribution in [2.75, 3.05) is 13.1 Å². The van der Waals surface area contributed by atoms with Gasteiger partial charge < -0.3 is 11.1 Å². The van der Waals surface area contributed by atoms with Gasteiger partial charge in [0, 0.05) is 19.0 Å². The summed E-state index contributed by atoms with van der Waals surface area (Å²) in [5.74, 6) is 0.485. The Hall–Kier alpha value is -0.830. The zero-order valence-corrected chi connectivity index (χ0v) is 7.25. The molecule has 0 spiro atoms. The molecule has 68 valence electrons. The van der Waals surface area contributed by atoms with Crippen molar-refractivity contribution in [3.8, 4) is 0 Å². The molecular formula is C9H16N2O. The van der Waals surface area contributed by atoms with Crippen LogP contribution in [0.15, 0.2) is 12.2 Å². The van der Waals surface area contributed by atoms with Crippen LogP contribution in [-0.2, 0) is 4.79 Å². The first-order chi connectivity index (χ1) is 5.84. The quantitative estimate of drug-likeness (QED) is 0.598. The zero-order valence-electron chi connectivity index (χ0n) is 7.25. The van der Waals surface area contributed by atoms with Crippen LogP contribution >= 0.6 is 0 Å². The molecule has 1 aliphatic rings. The highest BCUT2D eigenvalue weighted by Gasteiger charge is 2.24. The van der Waals surface area contributed by atoms with Crippen LogP contribution in [0.4, 0.5) is 0 Å². The average molecular weight is 168 g/mol. The fourth-order valence-corrected chi connectivity index (χ4v) is 1.15. The maximum atomic E-state index is 11.2. The molecule has 0 saturated heterocycles. The van der Waals surface area contributed by atoms with Crippen LogP contribution < -0.4 is 11.1 Å². The van der Waals surface area contributed by atoms with Crippen molar-refractivity contribution in [2.24, 2.45) is 11.7 Å². The summed E-state index contributed by atoms with van der Waals surface area (Å²) in [4.78, 5) is 11.2. The van der Waals surface area contributed by atoms with Gasteiger partial charge in [-0.2, -0.15) is 0 Å². The minimum Gasteiger partial charge on any atom is -0.352 e. The van der Waals surface area contributed by atoms with Crippen LogP contribution in [0.25, 0.3) is 0 Å². The Kier molecular flexibility index (Phi) is 3.80. The van der Waals surface area contributed by atoms with Crippen molar-refractivity contribution in [3.05, 3.63) is 12.2 Å². The van der Waals surface area contributed by atoms with E-state index < -0.39 is 0 Å². The highest BCUT2D eigenvalue weighted by atomic mass is 16.1. The molecule has 1 rings (SSSR count). The van der Waals surface area contributed by atoms with Crippen LogP contribution in [-0.4, -0.2) is 19.0 Å². The number of amides is 1. The topological polar surface area (TPSA) is 55.1 Å². The van der Waals surface area contributed by atoms with Crippen LogP contribution in [0.3, 0.4) is 0 Å². The molecule has 0 aromatic heterocycles. The lowest BCUT2D eigenvalue weighted by molar-refractivity contribution is -0.127. The Morgan fingerprint density at radius 2 is 2.25 bits per heavy atom. The smallest absolute Gasteiger partial charge is 0.223 e. The predicted molar refractivity (Wildman–Crippen MR) is 48.5 cm³/mol. The van der Waals surface area contributed by atoms with E-state index in [2.05, 4.69) is 5.32 Å². The van der Waals surface area contributed by atoms with Crippen molar-refractivity contribution < 1.29 is 4.79 Å². The van der Waals surface area contributed by atoms with E-state index in [1.54, 1.807) is 0 Å². The first-order valence-electron chi connectivity index (χ1n) is 4.47.